The van der Waals surface area contributed by atoms with Gasteiger partial charge in [0, 0.05) is 24.8 Å². The standard InChI is InChI=1S/C13H20ClFN2/c1-4-10(3)9-17(5-2)13-12(15)11(8-14)6-7-16-13/h6-7,10H,4-5,8-9H2,1-3H3. The van der Waals surface area contributed by atoms with E-state index in [9.17, 15) is 4.39 Å². The van der Waals surface area contributed by atoms with Gasteiger partial charge in [0.2, 0.25) is 0 Å². The molecule has 1 heterocycles. The molecule has 4 heteroatoms. The monoisotopic (exact) mass is 258 g/mol. The van der Waals surface area contributed by atoms with Crippen LogP contribution in [0.25, 0.3) is 0 Å². The maximum Gasteiger partial charge on any atom is 0.170 e. The molecule has 0 spiro atoms. The maximum atomic E-state index is 14.1. The van der Waals surface area contributed by atoms with Crippen molar-refractivity contribution in [3.63, 3.8) is 0 Å². The molecule has 0 fully saturated rings. The van der Waals surface area contributed by atoms with Crippen molar-refractivity contribution >= 4 is 17.4 Å². The summed E-state index contributed by atoms with van der Waals surface area (Å²) < 4.78 is 14.1. The molecule has 0 bridgehead atoms. The Morgan fingerprint density at radius 2 is 2.18 bits per heavy atom. The molecule has 0 saturated carbocycles. The number of nitrogens with zero attached hydrogens (tertiary/aromatic N) is 2. The van der Waals surface area contributed by atoms with Crippen molar-refractivity contribution in [1.82, 2.24) is 4.98 Å². The van der Waals surface area contributed by atoms with Crippen LogP contribution >= 0.6 is 11.6 Å². The van der Waals surface area contributed by atoms with Gasteiger partial charge in [-0.2, -0.15) is 0 Å². The van der Waals surface area contributed by atoms with Crippen LogP contribution < -0.4 is 4.90 Å². The number of pyridine rings is 1. The van der Waals surface area contributed by atoms with Gasteiger partial charge >= 0.3 is 0 Å². The molecule has 1 rings (SSSR count). The molecule has 0 aliphatic carbocycles. The summed E-state index contributed by atoms with van der Waals surface area (Å²) >= 11 is 5.70. The van der Waals surface area contributed by atoms with Crippen LogP contribution in [0, 0.1) is 11.7 Å². The Bertz CT molecular complexity index is 357. The molecule has 1 unspecified atom stereocenters. The van der Waals surface area contributed by atoms with E-state index in [1.807, 2.05) is 11.8 Å². The molecule has 1 aromatic heterocycles. The number of rotatable bonds is 6. The van der Waals surface area contributed by atoms with Crippen LogP contribution in [0.3, 0.4) is 0 Å². The van der Waals surface area contributed by atoms with E-state index in [1.165, 1.54) is 0 Å². The van der Waals surface area contributed by atoms with E-state index < -0.39 is 0 Å². The molecule has 0 radical (unpaired) electrons. The second-order valence-electron chi connectivity index (χ2n) is 4.29. The summed E-state index contributed by atoms with van der Waals surface area (Å²) in [5.41, 5.74) is 0.513. The summed E-state index contributed by atoms with van der Waals surface area (Å²) in [6.45, 7) is 7.88. The molecule has 96 valence electrons. The predicted octanol–water partition coefficient (Wildman–Crippen LogP) is 3.83. The van der Waals surface area contributed by atoms with Gasteiger partial charge in [-0.05, 0) is 18.9 Å². The van der Waals surface area contributed by atoms with Gasteiger partial charge in [-0.1, -0.05) is 20.3 Å². The number of aromatic nitrogens is 1. The molecule has 17 heavy (non-hydrogen) atoms. The summed E-state index contributed by atoms with van der Waals surface area (Å²) in [5.74, 6) is 0.844. The van der Waals surface area contributed by atoms with Crippen LogP contribution in [-0.4, -0.2) is 18.1 Å². The van der Waals surface area contributed by atoms with E-state index in [-0.39, 0.29) is 11.7 Å². The van der Waals surface area contributed by atoms with E-state index in [2.05, 4.69) is 18.8 Å². The number of hydrogen-bond donors (Lipinski definition) is 0. The van der Waals surface area contributed by atoms with Crippen molar-refractivity contribution in [2.24, 2.45) is 5.92 Å². The molecule has 1 atom stereocenters. The lowest BCUT2D eigenvalue weighted by Gasteiger charge is -2.25. The third-order valence-corrected chi connectivity index (χ3v) is 3.29. The number of hydrogen-bond acceptors (Lipinski definition) is 2. The van der Waals surface area contributed by atoms with Crippen LogP contribution in [0.2, 0.25) is 0 Å². The zero-order valence-corrected chi connectivity index (χ0v) is 11.5. The number of anilines is 1. The molecule has 1 aromatic rings. The second kappa shape index (κ2) is 6.80. The Hall–Kier alpha value is -0.830. The Labute approximate surface area is 108 Å². The molecule has 0 amide bonds. The summed E-state index contributed by atoms with van der Waals surface area (Å²) in [5, 5.41) is 0. The minimum Gasteiger partial charge on any atom is -0.354 e. The highest BCUT2D eigenvalue weighted by Crippen LogP contribution is 2.21. The van der Waals surface area contributed by atoms with Gasteiger partial charge < -0.3 is 4.90 Å². The molecule has 0 aliphatic rings. The summed E-state index contributed by atoms with van der Waals surface area (Å²) in [4.78, 5) is 6.11. The Kier molecular flexibility index (Phi) is 5.69. The lowest BCUT2D eigenvalue weighted by Crippen LogP contribution is -2.30. The highest BCUT2D eigenvalue weighted by molar-refractivity contribution is 6.17. The van der Waals surface area contributed by atoms with Crippen LogP contribution in [0.15, 0.2) is 12.3 Å². The highest BCUT2D eigenvalue weighted by Gasteiger charge is 2.16. The van der Waals surface area contributed by atoms with Crippen LogP contribution in [-0.2, 0) is 5.88 Å². The molecule has 0 aliphatic heterocycles. The SMILES string of the molecule is CCC(C)CN(CC)c1nccc(CCl)c1F. The minimum atomic E-state index is -0.285. The zero-order chi connectivity index (χ0) is 12.8. The molecular formula is C13H20ClFN2. The third-order valence-electron chi connectivity index (χ3n) is 3.00. The average molecular weight is 259 g/mol. The first kappa shape index (κ1) is 14.2. The highest BCUT2D eigenvalue weighted by atomic mass is 35.5. The Morgan fingerprint density at radius 3 is 2.71 bits per heavy atom. The van der Waals surface area contributed by atoms with Gasteiger partial charge in [0.25, 0.3) is 0 Å². The van der Waals surface area contributed by atoms with Gasteiger partial charge in [0.1, 0.15) is 0 Å². The van der Waals surface area contributed by atoms with Gasteiger partial charge in [-0.3, -0.25) is 0 Å². The van der Waals surface area contributed by atoms with Crippen molar-refractivity contribution in [2.75, 3.05) is 18.0 Å². The topological polar surface area (TPSA) is 16.1 Å². The van der Waals surface area contributed by atoms with E-state index >= 15 is 0 Å². The maximum absolute atomic E-state index is 14.1. The van der Waals surface area contributed by atoms with Crippen LogP contribution in [0.5, 0.6) is 0 Å². The Morgan fingerprint density at radius 1 is 1.47 bits per heavy atom. The van der Waals surface area contributed by atoms with E-state index in [0.29, 0.717) is 17.3 Å². The largest absolute Gasteiger partial charge is 0.354 e. The first-order valence-corrected chi connectivity index (χ1v) is 6.61. The molecule has 0 aromatic carbocycles. The molecule has 2 nitrogen and oxygen atoms in total. The van der Waals surface area contributed by atoms with Crippen molar-refractivity contribution in [3.8, 4) is 0 Å². The average Bonchev–Trinajstić information content (AvgIpc) is 2.36. The minimum absolute atomic E-state index is 0.183. The van der Waals surface area contributed by atoms with E-state index in [4.69, 9.17) is 11.6 Å². The van der Waals surface area contributed by atoms with Crippen LogP contribution in [0.1, 0.15) is 32.8 Å². The van der Waals surface area contributed by atoms with Crippen LogP contribution in [0.4, 0.5) is 10.2 Å². The van der Waals surface area contributed by atoms with E-state index in [1.54, 1.807) is 12.3 Å². The fourth-order valence-corrected chi connectivity index (χ4v) is 1.87. The lowest BCUT2D eigenvalue weighted by molar-refractivity contribution is 0.531. The van der Waals surface area contributed by atoms with Crippen molar-refractivity contribution < 1.29 is 4.39 Å². The summed E-state index contributed by atoms with van der Waals surface area (Å²) in [6, 6.07) is 1.63. The Balaban J connectivity index is 2.95. The van der Waals surface area contributed by atoms with Crippen molar-refractivity contribution in [1.29, 1.82) is 0 Å². The van der Waals surface area contributed by atoms with Crippen molar-refractivity contribution in [2.45, 2.75) is 33.1 Å². The molecule has 0 N–H and O–H groups in total. The summed E-state index contributed by atoms with van der Waals surface area (Å²) in [7, 11) is 0. The normalized spacial score (nSPS) is 12.5. The fraction of sp³-hybridized carbons (Fsp3) is 0.615. The number of alkyl halides is 1. The van der Waals surface area contributed by atoms with Gasteiger partial charge in [-0.25, -0.2) is 9.37 Å². The second-order valence-corrected chi connectivity index (χ2v) is 4.56. The fourth-order valence-electron chi connectivity index (χ4n) is 1.67. The quantitative estimate of drug-likeness (QED) is 0.721. The van der Waals surface area contributed by atoms with Gasteiger partial charge in [0.05, 0.1) is 5.88 Å². The number of halogens is 2. The summed E-state index contributed by atoms with van der Waals surface area (Å²) in [6.07, 6.45) is 2.70. The van der Waals surface area contributed by atoms with E-state index in [0.717, 1.165) is 19.5 Å². The molecular weight excluding hydrogens is 239 g/mol. The van der Waals surface area contributed by atoms with Crippen molar-refractivity contribution in [3.05, 3.63) is 23.6 Å². The smallest absolute Gasteiger partial charge is 0.170 e. The lowest BCUT2D eigenvalue weighted by atomic mass is 10.1. The first-order valence-electron chi connectivity index (χ1n) is 6.08. The third kappa shape index (κ3) is 3.56. The predicted molar refractivity (Wildman–Crippen MR) is 71.1 cm³/mol. The van der Waals surface area contributed by atoms with Gasteiger partial charge in [0.15, 0.2) is 11.6 Å². The zero-order valence-electron chi connectivity index (χ0n) is 10.7. The molecule has 0 saturated heterocycles. The first-order chi connectivity index (χ1) is 8.13. The van der Waals surface area contributed by atoms with Gasteiger partial charge in [-0.15, -0.1) is 11.6 Å².